The van der Waals surface area contributed by atoms with Gasteiger partial charge in [-0.1, -0.05) is 48.6 Å². The first-order valence-corrected chi connectivity index (χ1v) is 7.07. The zero-order valence-electron chi connectivity index (χ0n) is 11.4. The summed E-state index contributed by atoms with van der Waals surface area (Å²) < 4.78 is 6.21. The van der Waals surface area contributed by atoms with Gasteiger partial charge in [-0.15, -0.1) is 0 Å². The fraction of sp³-hybridized carbons (Fsp3) is 0.105. The van der Waals surface area contributed by atoms with Crippen LogP contribution in [0.1, 0.15) is 17.0 Å². The SMILES string of the molecule is O=CC=CC1=C2OC3C=CC=CC3=CC2c2ccccc21. The summed E-state index contributed by atoms with van der Waals surface area (Å²) in [5.74, 6) is 1.10. The zero-order valence-corrected chi connectivity index (χ0v) is 11.4. The van der Waals surface area contributed by atoms with Crippen molar-refractivity contribution in [3.05, 3.63) is 89.3 Å². The molecule has 0 spiro atoms. The number of hydrogen-bond acceptors (Lipinski definition) is 2. The van der Waals surface area contributed by atoms with E-state index < -0.39 is 0 Å². The molecule has 0 fully saturated rings. The van der Waals surface area contributed by atoms with E-state index in [1.165, 1.54) is 17.2 Å². The monoisotopic (exact) mass is 274 g/mol. The average Bonchev–Trinajstić information content (AvgIpc) is 2.84. The molecule has 0 saturated heterocycles. The Labute approximate surface area is 123 Å². The van der Waals surface area contributed by atoms with Crippen molar-refractivity contribution in [3.63, 3.8) is 0 Å². The number of ether oxygens (including phenoxy) is 1. The van der Waals surface area contributed by atoms with Gasteiger partial charge in [0.1, 0.15) is 18.1 Å². The van der Waals surface area contributed by atoms with E-state index in [1.807, 2.05) is 30.4 Å². The molecule has 3 aliphatic rings. The zero-order chi connectivity index (χ0) is 14.2. The van der Waals surface area contributed by atoms with Crippen LogP contribution in [0.15, 0.2) is 78.1 Å². The molecule has 2 nitrogen and oxygen atoms in total. The van der Waals surface area contributed by atoms with Crippen molar-refractivity contribution >= 4 is 11.9 Å². The van der Waals surface area contributed by atoms with Crippen molar-refractivity contribution in [2.75, 3.05) is 0 Å². The summed E-state index contributed by atoms with van der Waals surface area (Å²) in [4.78, 5) is 10.7. The number of benzene rings is 1. The highest BCUT2D eigenvalue weighted by molar-refractivity contribution is 5.87. The summed E-state index contributed by atoms with van der Waals surface area (Å²) in [5.41, 5.74) is 4.61. The lowest BCUT2D eigenvalue weighted by molar-refractivity contribution is -0.104. The van der Waals surface area contributed by atoms with Gasteiger partial charge in [0.15, 0.2) is 0 Å². The minimum absolute atomic E-state index is 0.0183. The van der Waals surface area contributed by atoms with E-state index in [1.54, 1.807) is 0 Å². The lowest BCUT2D eigenvalue weighted by atomic mass is 9.91. The van der Waals surface area contributed by atoms with Crippen molar-refractivity contribution < 1.29 is 9.53 Å². The second-order valence-electron chi connectivity index (χ2n) is 5.29. The Morgan fingerprint density at radius 3 is 2.95 bits per heavy atom. The Bertz CT molecular complexity index is 760. The predicted octanol–water partition coefficient (Wildman–Crippen LogP) is 3.70. The minimum atomic E-state index is -0.0183. The molecule has 2 atom stereocenters. The summed E-state index contributed by atoms with van der Waals surface area (Å²) in [7, 11) is 0. The highest BCUT2D eigenvalue weighted by Gasteiger charge is 2.35. The molecule has 0 radical (unpaired) electrons. The molecule has 21 heavy (non-hydrogen) atoms. The van der Waals surface area contributed by atoms with Crippen LogP contribution in [0.3, 0.4) is 0 Å². The minimum Gasteiger partial charge on any atom is -0.484 e. The van der Waals surface area contributed by atoms with Gasteiger partial charge in [0.2, 0.25) is 0 Å². The Balaban J connectivity index is 1.90. The summed E-state index contributed by atoms with van der Waals surface area (Å²) in [6.45, 7) is 0. The number of carbonyl (C=O) groups is 1. The van der Waals surface area contributed by atoms with Gasteiger partial charge < -0.3 is 4.74 Å². The van der Waals surface area contributed by atoms with Crippen molar-refractivity contribution in [3.8, 4) is 0 Å². The highest BCUT2D eigenvalue weighted by atomic mass is 16.5. The van der Waals surface area contributed by atoms with Gasteiger partial charge in [0.25, 0.3) is 0 Å². The molecule has 0 bridgehead atoms. The Hall–Kier alpha value is -2.61. The van der Waals surface area contributed by atoms with Crippen molar-refractivity contribution in [1.82, 2.24) is 0 Å². The van der Waals surface area contributed by atoms with Crippen LogP contribution < -0.4 is 0 Å². The molecule has 1 aliphatic heterocycles. The van der Waals surface area contributed by atoms with Gasteiger partial charge in [0, 0.05) is 5.57 Å². The Morgan fingerprint density at radius 1 is 1.14 bits per heavy atom. The van der Waals surface area contributed by atoms with E-state index in [9.17, 15) is 4.79 Å². The molecule has 0 N–H and O–H groups in total. The number of rotatable bonds is 2. The van der Waals surface area contributed by atoms with Crippen molar-refractivity contribution in [1.29, 1.82) is 0 Å². The Morgan fingerprint density at radius 2 is 2.05 bits per heavy atom. The predicted molar refractivity (Wildman–Crippen MR) is 82.5 cm³/mol. The van der Waals surface area contributed by atoms with Crippen LogP contribution in [-0.4, -0.2) is 12.4 Å². The number of allylic oxidation sites excluding steroid dienone is 6. The van der Waals surface area contributed by atoms with Crippen LogP contribution in [0.25, 0.3) is 5.57 Å². The summed E-state index contributed by atoms with van der Waals surface area (Å²) in [6.07, 6.45) is 14.6. The van der Waals surface area contributed by atoms with Gasteiger partial charge in [-0.3, -0.25) is 4.79 Å². The number of hydrogen-bond donors (Lipinski definition) is 0. The smallest absolute Gasteiger partial charge is 0.142 e. The molecule has 0 amide bonds. The molecule has 4 rings (SSSR count). The molecular formula is C19H14O2. The third-order valence-corrected chi connectivity index (χ3v) is 4.10. The Kier molecular flexibility index (Phi) is 2.74. The van der Waals surface area contributed by atoms with Gasteiger partial charge in [-0.05, 0) is 34.9 Å². The molecular weight excluding hydrogens is 260 g/mol. The van der Waals surface area contributed by atoms with Crippen LogP contribution in [0.5, 0.6) is 0 Å². The highest BCUT2D eigenvalue weighted by Crippen LogP contribution is 2.48. The van der Waals surface area contributed by atoms with E-state index in [0.29, 0.717) is 0 Å². The standard InChI is InChI=1S/C19H14O2/c20-11-5-9-16-14-7-2-3-8-15(14)17-12-13-6-1-4-10-18(13)21-19(16)17/h1-12,17-18H. The molecule has 102 valence electrons. The largest absolute Gasteiger partial charge is 0.484 e. The summed E-state index contributed by atoms with van der Waals surface area (Å²) in [6, 6.07) is 8.28. The lowest BCUT2D eigenvalue weighted by Gasteiger charge is -2.29. The number of aldehydes is 1. The maximum atomic E-state index is 10.7. The van der Waals surface area contributed by atoms with Gasteiger partial charge in [-0.25, -0.2) is 0 Å². The second-order valence-corrected chi connectivity index (χ2v) is 5.29. The van der Waals surface area contributed by atoms with E-state index >= 15 is 0 Å². The van der Waals surface area contributed by atoms with Gasteiger partial charge >= 0.3 is 0 Å². The van der Waals surface area contributed by atoms with Gasteiger partial charge in [-0.2, -0.15) is 0 Å². The quantitative estimate of drug-likeness (QED) is 0.607. The second kappa shape index (κ2) is 4.74. The maximum Gasteiger partial charge on any atom is 0.142 e. The first-order valence-electron chi connectivity index (χ1n) is 7.07. The van der Waals surface area contributed by atoms with E-state index in [0.717, 1.165) is 23.2 Å². The molecule has 2 aliphatic carbocycles. The van der Waals surface area contributed by atoms with Crippen molar-refractivity contribution in [2.24, 2.45) is 0 Å². The van der Waals surface area contributed by atoms with E-state index in [-0.39, 0.29) is 12.0 Å². The molecule has 1 heterocycles. The fourth-order valence-electron chi connectivity index (χ4n) is 3.19. The normalized spacial score (nSPS) is 25.2. The summed E-state index contributed by atoms with van der Waals surface area (Å²) in [5, 5.41) is 0. The number of carbonyl (C=O) groups excluding carboxylic acids is 1. The molecule has 1 aromatic carbocycles. The molecule has 1 aromatic rings. The van der Waals surface area contributed by atoms with Crippen LogP contribution in [0.2, 0.25) is 0 Å². The van der Waals surface area contributed by atoms with E-state index in [4.69, 9.17) is 4.74 Å². The lowest BCUT2D eigenvalue weighted by Crippen LogP contribution is -2.20. The fourth-order valence-corrected chi connectivity index (χ4v) is 3.19. The molecule has 2 unspecified atom stereocenters. The molecule has 0 aromatic heterocycles. The average molecular weight is 274 g/mol. The third-order valence-electron chi connectivity index (χ3n) is 4.10. The van der Waals surface area contributed by atoms with E-state index in [2.05, 4.69) is 30.4 Å². The van der Waals surface area contributed by atoms with Crippen LogP contribution in [0.4, 0.5) is 0 Å². The van der Waals surface area contributed by atoms with Crippen LogP contribution >= 0.6 is 0 Å². The van der Waals surface area contributed by atoms with Gasteiger partial charge in [0.05, 0.1) is 5.92 Å². The van der Waals surface area contributed by atoms with Crippen molar-refractivity contribution in [2.45, 2.75) is 12.0 Å². The third kappa shape index (κ3) is 1.83. The van der Waals surface area contributed by atoms with Crippen LogP contribution in [-0.2, 0) is 9.53 Å². The molecule has 2 heteroatoms. The first-order chi connectivity index (χ1) is 10.4. The first kappa shape index (κ1) is 12.2. The van der Waals surface area contributed by atoms with Crippen LogP contribution in [0, 0.1) is 0 Å². The topological polar surface area (TPSA) is 26.3 Å². The molecule has 0 saturated carbocycles. The maximum absolute atomic E-state index is 10.7. The number of fused-ring (bicyclic) bond motifs is 4. The summed E-state index contributed by atoms with van der Waals surface area (Å²) >= 11 is 0.